The lowest BCUT2D eigenvalue weighted by Gasteiger charge is -2.35. The Balaban J connectivity index is 2.05. The molecular formula is C16H19F2NO3S. The van der Waals surface area contributed by atoms with Gasteiger partial charge in [0.15, 0.2) is 0 Å². The monoisotopic (exact) mass is 343 g/mol. The van der Waals surface area contributed by atoms with Gasteiger partial charge in [0, 0.05) is 30.5 Å². The number of carboxylic acid groups (broad SMARTS) is 1. The predicted molar refractivity (Wildman–Crippen MR) is 84.5 cm³/mol. The molecule has 1 aliphatic rings. The second-order valence-corrected chi connectivity index (χ2v) is 6.83. The number of nitrogens with zero attached hydrogens (tertiary/aromatic N) is 1. The number of carbonyl (C=O) groups excluding carboxylic acids is 1. The molecule has 1 heterocycles. The maximum Gasteiger partial charge on any atom is 0.305 e. The highest BCUT2D eigenvalue weighted by Crippen LogP contribution is 2.26. The molecule has 1 fully saturated rings. The second-order valence-electron chi connectivity index (χ2n) is 5.68. The van der Waals surface area contributed by atoms with Gasteiger partial charge in [0.2, 0.25) is 5.91 Å². The Hall–Kier alpha value is -1.63. The van der Waals surface area contributed by atoms with E-state index in [0.717, 1.165) is 11.8 Å². The summed E-state index contributed by atoms with van der Waals surface area (Å²) in [5.41, 5.74) is 0.293. The van der Waals surface area contributed by atoms with Crippen molar-refractivity contribution < 1.29 is 23.5 Å². The fourth-order valence-electron chi connectivity index (χ4n) is 2.74. The zero-order chi connectivity index (χ0) is 17.0. The molecule has 0 aliphatic carbocycles. The van der Waals surface area contributed by atoms with Crippen molar-refractivity contribution in [2.24, 2.45) is 0 Å². The van der Waals surface area contributed by atoms with Gasteiger partial charge in [-0.2, -0.15) is 11.8 Å². The van der Waals surface area contributed by atoms with Gasteiger partial charge < -0.3 is 10.0 Å². The molecule has 2 unspecified atom stereocenters. The summed E-state index contributed by atoms with van der Waals surface area (Å²) < 4.78 is 26.8. The molecule has 126 valence electrons. The van der Waals surface area contributed by atoms with E-state index in [1.54, 1.807) is 23.6 Å². The van der Waals surface area contributed by atoms with E-state index in [4.69, 9.17) is 5.11 Å². The van der Waals surface area contributed by atoms with Crippen LogP contribution in [0.25, 0.3) is 0 Å². The minimum atomic E-state index is -0.937. The average Bonchev–Trinajstić information content (AvgIpc) is 2.46. The summed E-state index contributed by atoms with van der Waals surface area (Å²) in [4.78, 5) is 25.0. The summed E-state index contributed by atoms with van der Waals surface area (Å²) in [6.07, 6.45) is -0.0125. The topological polar surface area (TPSA) is 57.6 Å². The van der Waals surface area contributed by atoms with Gasteiger partial charge in [-0.3, -0.25) is 9.59 Å². The smallest absolute Gasteiger partial charge is 0.305 e. The van der Waals surface area contributed by atoms with Crippen molar-refractivity contribution in [3.05, 3.63) is 35.4 Å². The number of amides is 1. The summed E-state index contributed by atoms with van der Waals surface area (Å²) >= 11 is 1.63. The minimum Gasteiger partial charge on any atom is -0.481 e. The van der Waals surface area contributed by atoms with Crippen LogP contribution in [0.2, 0.25) is 0 Å². The summed E-state index contributed by atoms with van der Waals surface area (Å²) in [7, 11) is 0. The van der Waals surface area contributed by atoms with Crippen molar-refractivity contribution in [3.63, 3.8) is 0 Å². The van der Waals surface area contributed by atoms with Crippen molar-refractivity contribution in [1.29, 1.82) is 0 Å². The number of carboxylic acids is 1. The van der Waals surface area contributed by atoms with Crippen molar-refractivity contribution in [2.45, 2.75) is 31.7 Å². The highest BCUT2D eigenvalue weighted by molar-refractivity contribution is 7.99. The number of thioether (sulfide) groups is 1. The van der Waals surface area contributed by atoms with Crippen molar-refractivity contribution >= 4 is 23.6 Å². The summed E-state index contributed by atoms with van der Waals surface area (Å²) in [6.45, 7) is 2.21. The van der Waals surface area contributed by atoms with Crippen molar-refractivity contribution in [2.75, 3.05) is 18.1 Å². The number of carbonyl (C=O) groups is 2. The van der Waals surface area contributed by atoms with E-state index in [1.807, 2.05) is 0 Å². The third kappa shape index (κ3) is 4.67. The lowest BCUT2D eigenvalue weighted by molar-refractivity contribution is -0.140. The first-order valence-corrected chi connectivity index (χ1v) is 8.58. The van der Waals surface area contributed by atoms with E-state index in [-0.39, 0.29) is 24.8 Å². The van der Waals surface area contributed by atoms with Gasteiger partial charge in [0.05, 0.1) is 12.5 Å². The SMILES string of the molecule is CC(CC(=O)N1CCSCC1CC(=O)O)c1ccc(F)cc1F. The van der Waals surface area contributed by atoms with Crippen LogP contribution in [0.3, 0.4) is 0 Å². The normalized spacial score (nSPS) is 19.4. The predicted octanol–water partition coefficient (Wildman–Crippen LogP) is 2.88. The van der Waals surface area contributed by atoms with Gasteiger partial charge in [-0.1, -0.05) is 13.0 Å². The highest BCUT2D eigenvalue weighted by Gasteiger charge is 2.30. The Morgan fingerprint density at radius 2 is 2.17 bits per heavy atom. The van der Waals surface area contributed by atoms with Crippen LogP contribution in [-0.2, 0) is 9.59 Å². The molecular weight excluding hydrogens is 324 g/mol. The fraction of sp³-hybridized carbons (Fsp3) is 0.500. The maximum absolute atomic E-state index is 13.8. The van der Waals surface area contributed by atoms with Gasteiger partial charge in [0.25, 0.3) is 0 Å². The zero-order valence-electron chi connectivity index (χ0n) is 12.8. The van der Waals surface area contributed by atoms with Crippen molar-refractivity contribution in [1.82, 2.24) is 4.90 Å². The molecule has 1 saturated heterocycles. The van der Waals surface area contributed by atoms with Crippen LogP contribution in [0.1, 0.15) is 31.2 Å². The van der Waals surface area contributed by atoms with Crippen LogP contribution in [0, 0.1) is 11.6 Å². The lowest BCUT2D eigenvalue weighted by atomic mass is 9.96. The molecule has 4 nitrogen and oxygen atoms in total. The van der Waals surface area contributed by atoms with Gasteiger partial charge in [-0.25, -0.2) is 8.78 Å². The van der Waals surface area contributed by atoms with Crippen LogP contribution in [0.5, 0.6) is 0 Å². The number of hydrogen-bond donors (Lipinski definition) is 1. The molecule has 2 rings (SSSR count). The molecule has 0 saturated carbocycles. The Morgan fingerprint density at radius 3 is 2.83 bits per heavy atom. The molecule has 1 amide bonds. The fourth-order valence-corrected chi connectivity index (χ4v) is 3.81. The first-order chi connectivity index (χ1) is 10.9. The summed E-state index contributed by atoms with van der Waals surface area (Å²) in [5.74, 6) is -1.48. The summed E-state index contributed by atoms with van der Waals surface area (Å²) in [6, 6.07) is 3.00. The van der Waals surface area contributed by atoms with Crippen LogP contribution >= 0.6 is 11.8 Å². The maximum atomic E-state index is 13.8. The summed E-state index contributed by atoms with van der Waals surface area (Å²) in [5, 5.41) is 8.96. The standard InChI is InChI=1S/C16H19F2NO3S/c1-10(13-3-2-11(17)7-14(13)18)6-15(20)19-4-5-23-9-12(19)8-16(21)22/h2-3,7,10,12H,4-6,8-9H2,1H3,(H,21,22). The molecule has 0 radical (unpaired) electrons. The van der Waals surface area contributed by atoms with E-state index in [1.165, 1.54) is 12.1 Å². The Morgan fingerprint density at radius 1 is 1.43 bits per heavy atom. The highest BCUT2D eigenvalue weighted by atomic mass is 32.2. The van der Waals surface area contributed by atoms with E-state index >= 15 is 0 Å². The Bertz CT molecular complexity index is 597. The third-order valence-electron chi connectivity index (χ3n) is 3.93. The van der Waals surface area contributed by atoms with E-state index < -0.39 is 23.5 Å². The van der Waals surface area contributed by atoms with Gasteiger partial charge in [-0.05, 0) is 17.5 Å². The van der Waals surface area contributed by atoms with Crippen molar-refractivity contribution in [3.8, 4) is 0 Å². The molecule has 2 atom stereocenters. The molecule has 0 spiro atoms. The average molecular weight is 343 g/mol. The molecule has 1 aromatic carbocycles. The van der Waals surface area contributed by atoms with Gasteiger partial charge in [-0.15, -0.1) is 0 Å². The number of rotatable bonds is 5. The second kappa shape index (κ2) is 7.77. The van der Waals surface area contributed by atoms with Crippen LogP contribution in [0.4, 0.5) is 8.78 Å². The molecule has 1 aliphatic heterocycles. The van der Waals surface area contributed by atoms with Crippen LogP contribution in [0.15, 0.2) is 18.2 Å². The Labute approximate surface area is 137 Å². The minimum absolute atomic E-state index is 0.0728. The number of aliphatic carboxylic acids is 1. The van der Waals surface area contributed by atoms with E-state index in [0.29, 0.717) is 17.9 Å². The van der Waals surface area contributed by atoms with Gasteiger partial charge >= 0.3 is 5.97 Å². The van der Waals surface area contributed by atoms with Crippen LogP contribution < -0.4 is 0 Å². The van der Waals surface area contributed by atoms with Crippen LogP contribution in [-0.4, -0.2) is 46.0 Å². The first-order valence-electron chi connectivity index (χ1n) is 7.42. The molecule has 0 bridgehead atoms. The zero-order valence-corrected chi connectivity index (χ0v) is 13.6. The number of benzene rings is 1. The largest absolute Gasteiger partial charge is 0.481 e. The molecule has 1 aromatic rings. The first kappa shape index (κ1) is 17.7. The lowest BCUT2D eigenvalue weighted by Crippen LogP contribution is -2.47. The third-order valence-corrected chi connectivity index (χ3v) is 5.02. The molecule has 7 heteroatoms. The molecule has 0 aromatic heterocycles. The van der Waals surface area contributed by atoms with E-state index in [9.17, 15) is 18.4 Å². The number of halogens is 2. The molecule has 1 N–H and O–H groups in total. The Kier molecular flexibility index (Phi) is 5.98. The van der Waals surface area contributed by atoms with Gasteiger partial charge in [0.1, 0.15) is 11.6 Å². The molecule has 23 heavy (non-hydrogen) atoms. The van der Waals surface area contributed by atoms with E-state index in [2.05, 4.69) is 0 Å². The number of hydrogen-bond acceptors (Lipinski definition) is 3. The quantitative estimate of drug-likeness (QED) is 0.893.